The van der Waals surface area contributed by atoms with Gasteiger partial charge in [-0.25, -0.2) is 9.37 Å². The Balaban J connectivity index is 1.49. The van der Waals surface area contributed by atoms with E-state index in [1.165, 1.54) is 18.2 Å². The molecule has 0 aliphatic heterocycles. The normalized spacial score (nSPS) is 11.2. The molecule has 0 radical (unpaired) electrons. The predicted octanol–water partition coefficient (Wildman–Crippen LogP) is 3.07. The van der Waals surface area contributed by atoms with Crippen LogP contribution in [0.2, 0.25) is 0 Å². The second-order valence-electron chi connectivity index (χ2n) is 5.13. The molecule has 4 nitrogen and oxygen atoms in total. The largest absolute Gasteiger partial charge is 0.352 e. The first-order valence-corrected chi connectivity index (χ1v) is 7.36. The van der Waals surface area contributed by atoms with Crippen LogP contribution in [0.1, 0.15) is 11.4 Å². The van der Waals surface area contributed by atoms with Gasteiger partial charge in [-0.1, -0.05) is 24.3 Å². The van der Waals surface area contributed by atoms with Gasteiger partial charge >= 0.3 is 0 Å². The summed E-state index contributed by atoms with van der Waals surface area (Å²) in [6, 6.07) is 13.8. The van der Waals surface area contributed by atoms with Crippen molar-refractivity contribution in [2.24, 2.45) is 0 Å². The van der Waals surface area contributed by atoms with Crippen molar-refractivity contribution in [1.29, 1.82) is 0 Å². The molecule has 5 heteroatoms. The lowest BCUT2D eigenvalue weighted by Crippen LogP contribution is -2.23. The molecule has 2 N–H and O–H groups in total. The molecule has 1 heterocycles. The highest BCUT2D eigenvalue weighted by molar-refractivity contribution is 5.91. The van der Waals surface area contributed by atoms with Crippen molar-refractivity contribution in [2.45, 2.75) is 6.42 Å². The van der Waals surface area contributed by atoms with E-state index in [-0.39, 0.29) is 11.7 Å². The van der Waals surface area contributed by atoms with Crippen LogP contribution in [0.15, 0.2) is 54.6 Å². The fourth-order valence-electron chi connectivity index (χ4n) is 2.23. The van der Waals surface area contributed by atoms with Gasteiger partial charge in [-0.2, -0.15) is 0 Å². The maximum Gasteiger partial charge on any atom is 0.244 e. The molecule has 116 valence electrons. The van der Waals surface area contributed by atoms with Gasteiger partial charge < -0.3 is 10.3 Å². The third kappa shape index (κ3) is 4.03. The number of nitrogens with one attached hydrogen (secondary N) is 2. The van der Waals surface area contributed by atoms with Gasteiger partial charge in [0.25, 0.3) is 0 Å². The quantitative estimate of drug-likeness (QED) is 0.712. The van der Waals surface area contributed by atoms with Crippen molar-refractivity contribution in [1.82, 2.24) is 15.3 Å². The van der Waals surface area contributed by atoms with Crippen LogP contribution in [0.4, 0.5) is 4.39 Å². The first kappa shape index (κ1) is 15.0. The van der Waals surface area contributed by atoms with Crippen LogP contribution in [-0.4, -0.2) is 22.4 Å². The summed E-state index contributed by atoms with van der Waals surface area (Å²) in [5.74, 6) is 0.358. The predicted molar refractivity (Wildman–Crippen MR) is 88.2 cm³/mol. The maximum atomic E-state index is 12.8. The molecule has 0 fully saturated rings. The van der Waals surface area contributed by atoms with E-state index in [9.17, 15) is 9.18 Å². The number of imidazole rings is 1. The zero-order valence-corrected chi connectivity index (χ0v) is 12.4. The average Bonchev–Trinajstić information content (AvgIpc) is 2.97. The number of amides is 1. The highest BCUT2D eigenvalue weighted by Gasteiger charge is 2.02. The van der Waals surface area contributed by atoms with E-state index >= 15 is 0 Å². The van der Waals surface area contributed by atoms with Gasteiger partial charge in [-0.15, -0.1) is 0 Å². The summed E-state index contributed by atoms with van der Waals surface area (Å²) in [6.45, 7) is 0.492. The number of carbonyl (C=O) groups excluding carboxylic acids is 1. The number of fused-ring (bicyclic) bond motifs is 1. The second kappa shape index (κ2) is 6.87. The fraction of sp³-hybridized carbons (Fsp3) is 0.111. The minimum atomic E-state index is -0.294. The van der Waals surface area contributed by atoms with Crippen molar-refractivity contribution in [3.05, 3.63) is 71.8 Å². The molecule has 1 aromatic heterocycles. The van der Waals surface area contributed by atoms with Crippen LogP contribution in [0.25, 0.3) is 17.1 Å². The molecular weight excluding hydrogens is 293 g/mol. The van der Waals surface area contributed by atoms with Gasteiger partial charge in [0.2, 0.25) is 5.91 Å². The number of hydrogen-bond acceptors (Lipinski definition) is 2. The lowest BCUT2D eigenvalue weighted by Gasteiger charge is -2.00. The summed E-state index contributed by atoms with van der Waals surface area (Å²) in [4.78, 5) is 19.4. The summed E-state index contributed by atoms with van der Waals surface area (Å²) < 4.78 is 12.8. The number of rotatable bonds is 5. The summed E-state index contributed by atoms with van der Waals surface area (Å²) in [6.07, 6.45) is 3.71. The number of H-pyrrole nitrogens is 1. The summed E-state index contributed by atoms with van der Waals surface area (Å²) in [7, 11) is 0. The van der Waals surface area contributed by atoms with Crippen molar-refractivity contribution >= 4 is 23.0 Å². The van der Waals surface area contributed by atoms with E-state index in [4.69, 9.17) is 0 Å². The SMILES string of the molecule is O=C(C=Cc1ccc(F)cc1)NCCc1nc2ccccc2[nH]1. The minimum absolute atomic E-state index is 0.189. The van der Waals surface area contributed by atoms with Gasteiger partial charge in [0.15, 0.2) is 0 Å². The number of aromatic amines is 1. The summed E-state index contributed by atoms with van der Waals surface area (Å²) in [5.41, 5.74) is 2.69. The monoisotopic (exact) mass is 309 g/mol. The van der Waals surface area contributed by atoms with E-state index in [2.05, 4.69) is 15.3 Å². The number of carbonyl (C=O) groups is 1. The van der Waals surface area contributed by atoms with E-state index in [0.717, 1.165) is 22.4 Å². The van der Waals surface area contributed by atoms with Crippen LogP contribution in [-0.2, 0) is 11.2 Å². The van der Waals surface area contributed by atoms with Gasteiger partial charge in [-0.05, 0) is 35.9 Å². The Hall–Kier alpha value is -2.95. The van der Waals surface area contributed by atoms with Gasteiger partial charge in [-0.3, -0.25) is 4.79 Å². The van der Waals surface area contributed by atoms with Crippen molar-refractivity contribution in [3.8, 4) is 0 Å². The lowest BCUT2D eigenvalue weighted by molar-refractivity contribution is -0.116. The van der Waals surface area contributed by atoms with Gasteiger partial charge in [0, 0.05) is 19.0 Å². The Kier molecular flexibility index (Phi) is 4.47. The van der Waals surface area contributed by atoms with Crippen molar-refractivity contribution in [3.63, 3.8) is 0 Å². The van der Waals surface area contributed by atoms with E-state index < -0.39 is 0 Å². The number of halogens is 1. The Bertz CT molecular complexity index is 804. The van der Waals surface area contributed by atoms with Crippen LogP contribution in [0.5, 0.6) is 0 Å². The highest BCUT2D eigenvalue weighted by atomic mass is 19.1. The second-order valence-corrected chi connectivity index (χ2v) is 5.13. The number of nitrogens with zero attached hydrogens (tertiary/aromatic N) is 1. The van der Waals surface area contributed by atoms with Crippen molar-refractivity contribution in [2.75, 3.05) is 6.54 Å². The minimum Gasteiger partial charge on any atom is -0.352 e. The van der Waals surface area contributed by atoms with E-state index in [1.54, 1.807) is 18.2 Å². The van der Waals surface area contributed by atoms with E-state index in [1.807, 2.05) is 24.3 Å². The van der Waals surface area contributed by atoms with Gasteiger partial charge in [0.1, 0.15) is 11.6 Å². The number of aromatic nitrogens is 2. The molecule has 0 aliphatic rings. The Morgan fingerprint density at radius 2 is 1.96 bits per heavy atom. The summed E-state index contributed by atoms with van der Waals surface area (Å²) >= 11 is 0. The molecule has 3 rings (SSSR count). The molecule has 23 heavy (non-hydrogen) atoms. The van der Waals surface area contributed by atoms with Gasteiger partial charge in [0.05, 0.1) is 11.0 Å². The average molecular weight is 309 g/mol. The zero-order valence-electron chi connectivity index (χ0n) is 12.4. The van der Waals surface area contributed by atoms with Crippen LogP contribution >= 0.6 is 0 Å². The Morgan fingerprint density at radius 1 is 1.17 bits per heavy atom. The van der Waals surface area contributed by atoms with Crippen LogP contribution in [0.3, 0.4) is 0 Å². The molecule has 1 amide bonds. The molecule has 3 aromatic rings. The summed E-state index contributed by atoms with van der Waals surface area (Å²) in [5, 5.41) is 2.80. The molecule has 2 aromatic carbocycles. The lowest BCUT2D eigenvalue weighted by atomic mass is 10.2. The molecule has 0 bridgehead atoms. The first-order chi connectivity index (χ1) is 11.2. The van der Waals surface area contributed by atoms with Crippen molar-refractivity contribution < 1.29 is 9.18 Å². The smallest absolute Gasteiger partial charge is 0.244 e. The molecule has 0 spiro atoms. The molecule has 0 saturated heterocycles. The highest BCUT2D eigenvalue weighted by Crippen LogP contribution is 2.10. The van der Waals surface area contributed by atoms with E-state index in [0.29, 0.717) is 13.0 Å². The number of hydrogen-bond donors (Lipinski definition) is 2. The third-order valence-electron chi connectivity index (χ3n) is 3.40. The topological polar surface area (TPSA) is 57.8 Å². The first-order valence-electron chi connectivity index (χ1n) is 7.36. The maximum absolute atomic E-state index is 12.8. The standard InChI is InChI=1S/C18H16FN3O/c19-14-8-5-13(6-9-14)7-10-18(23)20-12-11-17-21-15-3-1-2-4-16(15)22-17/h1-10H,11-12H2,(H,20,23)(H,21,22). The Morgan fingerprint density at radius 3 is 2.74 bits per heavy atom. The third-order valence-corrected chi connectivity index (χ3v) is 3.40. The van der Waals surface area contributed by atoms with Crippen LogP contribution in [0, 0.1) is 5.82 Å². The number of benzene rings is 2. The fourth-order valence-corrected chi connectivity index (χ4v) is 2.23. The molecule has 0 saturated carbocycles. The zero-order chi connectivity index (χ0) is 16.1. The number of para-hydroxylation sites is 2. The molecule has 0 atom stereocenters. The molecular formula is C18H16FN3O. The molecule has 0 aliphatic carbocycles. The molecule has 0 unspecified atom stereocenters. The Labute approximate surface area is 133 Å². The van der Waals surface area contributed by atoms with Crippen LogP contribution < -0.4 is 5.32 Å².